The molecule has 336 valence electrons. The van der Waals surface area contributed by atoms with Crippen molar-refractivity contribution in [2.24, 2.45) is 0 Å². The molecule has 0 amide bonds. The Kier molecular flexibility index (Phi) is 69.8. The van der Waals surface area contributed by atoms with E-state index in [2.05, 4.69) is 27.7 Å². The van der Waals surface area contributed by atoms with Gasteiger partial charge in [-0.1, -0.05) is 233 Å². The van der Waals surface area contributed by atoms with Gasteiger partial charge in [0.1, 0.15) is 0 Å². The third-order valence-corrected chi connectivity index (χ3v) is 9.94. The van der Waals surface area contributed by atoms with E-state index in [1.54, 1.807) is 0 Å². The Morgan fingerprint density at radius 2 is 0.333 bits per heavy atom. The Hall–Kier alpha value is -1.32. The van der Waals surface area contributed by atoms with E-state index in [1.165, 1.54) is 180 Å². The molecule has 0 heterocycles. The Balaban J connectivity index is -0.000000210. The molecule has 0 atom stereocenters. The van der Waals surface area contributed by atoms with Crippen molar-refractivity contribution in [2.45, 2.75) is 285 Å². The number of hydrogen-bond acceptors (Lipinski definition) is 8. The van der Waals surface area contributed by atoms with Crippen LogP contribution in [-0.4, -0.2) is 47.8 Å². The van der Waals surface area contributed by atoms with Gasteiger partial charge in [-0.25, -0.2) is 0 Å². The van der Waals surface area contributed by atoms with Crippen molar-refractivity contribution < 1.29 is 39.6 Å². The number of carbonyl (C=O) groups excluding carboxylic acids is 4. The molecular weight excluding hydrogens is 823 g/mol. The zero-order chi connectivity index (χ0) is 42.6. The predicted octanol–water partition coefficient (Wildman–Crippen LogP) is 10.2. The minimum Gasteiger partial charge on any atom is -0.550 e. The average Bonchev–Trinajstić information content (AvgIpc) is 3.15. The third-order valence-electron chi connectivity index (χ3n) is 9.94. The van der Waals surface area contributed by atoms with Crippen molar-refractivity contribution in [2.75, 3.05) is 0 Å². The van der Waals surface area contributed by atoms with E-state index in [0.717, 1.165) is 51.4 Å². The van der Waals surface area contributed by atoms with Crippen LogP contribution in [0, 0.1) is 0 Å². The van der Waals surface area contributed by atoms with E-state index in [1.807, 2.05) is 0 Å². The summed E-state index contributed by atoms with van der Waals surface area (Å²) in [7, 11) is 0. The number of carbonyl (C=O) groups is 4. The van der Waals surface area contributed by atoms with Crippen molar-refractivity contribution in [1.82, 2.24) is 0 Å². The largest absolute Gasteiger partial charge is 4.00 e. The molecule has 8 nitrogen and oxygen atoms in total. The maximum Gasteiger partial charge on any atom is 4.00 e. The zero-order valence-corrected chi connectivity index (χ0v) is 40.9. The average molecular weight is 916 g/mol. The van der Waals surface area contributed by atoms with Crippen LogP contribution < -0.4 is 20.4 Å². The molecule has 0 radical (unpaired) electrons. The van der Waals surface area contributed by atoms with Crippen LogP contribution in [0.1, 0.15) is 285 Å². The molecule has 0 aromatic rings. The molecule has 0 aromatic heterocycles. The summed E-state index contributed by atoms with van der Waals surface area (Å²) in [6.45, 7) is 8.89. The van der Waals surface area contributed by atoms with Gasteiger partial charge in [0.25, 0.3) is 0 Å². The molecule has 9 heteroatoms. The Morgan fingerprint density at radius 3 is 0.439 bits per heavy atom. The second-order valence-corrected chi connectivity index (χ2v) is 15.8. The molecule has 0 fully saturated rings. The third kappa shape index (κ3) is 83.3. The molecule has 0 bridgehead atoms. The number of hydrogen-bond donors (Lipinski definition) is 0. The fraction of sp³-hybridized carbons (Fsp3) is 0.917. The number of carboxylic acid groups (broad SMARTS) is 4. The zero-order valence-electron chi connectivity index (χ0n) is 38.1. The predicted molar refractivity (Wildman–Crippen MR) is 233 cm³/mol. The van der Waals surface area contributed by atoms with E-state index < -0.39 is 23.9 Å². The van der Waals surface area contributed by atoms with Crippen LogP contribution in [0.3, 0.4) is 0 Å². The van der Waals surface area contributed by atoms with Crippen LogP contribution in [-0.2, 0) is 19.2 Å². The molecule has 0 saturated heterocycles. The van der Waals surface area contributed by atoms with Gasteiger partial charge in [0.05, 0.1) is 0 Å². The molecule has 0 aliphatic carbocycles. The van der Waals surface area contributed by atoms with Crippen LogP contribution in [0.4, 0.5) is 0 Å². The van der Waals surface area contributed by atoms with Crippen LogP contribution in [0.25, 0.3) is 0 Å². The molecule has 0 saturated carbocycles. The van der Waals surface area contributed by atoms with Crippen LogP contribution in [0.2, 0.25) is 0 Å². The van der Waals surface area contributed by atoms with Gasteiger partial charge in [0.15, 0.2) is 0 Å². The molecule has 0 N–H and O–H groups in total. The van der Waals surface area contributed by atoms with E-state index in [4.69, 9.17) is 0 Å². The second kappa shape index (κ2) is 61.3. The molecule has 0 aliphatic heterocycles. The normalized spacial score (nSPS) is 10.2. The molecular formula is C48H92O8Sn. The van der Waals surface area contributed by atoms with E-state index in [0.29, 0.717) is 0 Å². The Morgan fingerprint density at radius 1 is 0.228 bits per heavy atom. The Labute approximate surface area is 370 Å². The summed E-state index contributed by atoms with van der Waals surface area (Å²) < 4.78 is 0. The number of unbranched alkanes of at least 4 members (excludes halogenated alkanes) is 32. The van der Waals surface area contributed by atoms with E-state index in [9.17, 15) is 39.6 Å². The number of carboxylic acids is 4. The molecule has 0 aliphatic rings. The summed E-state index contributed by atoms with van der Waals surface area (Å²) in [5.74, 6) is -3.64. The summed E-state index contributed by atoms with van der Waals surface area (Å²) >= 11 is 0. The summed E-state index contributed by atoms with van der Waals surface area (Å²) in [6, 6.07) is 0. The van der Waals surface area contributed by atoms with Gasteiger partial charge < -0.3 is 39.6 Å². The molecule has 57 heavy (non-hydrogen) atoms. The summed E-state index contributed by atoms with van der Waals surface area (Å²) in [5.41, 5.74) is 0. The first kappa shape index (κ1) is 64.8. The summed E-state index contributed by atoms with van der Waals surface area (Å²) in [6.07, 6.45) is 44.7. The van der Waals surface area contributed by atoms with Gasteiger partial charge >= 0.3 is 23.9 Å². The first-order valence-corrected chi connectivity index (χ1v) is 23.9. The van der Waals surface area contributed by atoms with Gasteiger partial charge in [0, 0.05) is 23.9 Å². The van der Waals surface area contributed by atoms with E-state index in [-0.39, 0.29) is 49.6 Å². The van der Waals surface area contributed by atoms with Gasteiger partial charge in [0.2, 0.25) is 0 Å². The molecule has 0 spiro atoms. The van der Waals surface area contributed by atoms with Gasteiger partial charge in [-0.15, -0.1) is 0 Å². The fourth-order valence-electron chi connectivity index (χ4n) is 6.32. The Bertz CT molecular complexity index is 664. The van der Waals surface area contributed by atoms with Gasteiger partial charge in [-0.05, 0) is 51.4 Å². The first-order valence-electron chi connectivity index (χ1n) is 23.9. The van der Waals surface area contributed by atoms with Gasteiger partial charge in [-0.2, -0.15) is 0 Å². The van der Waals surface area contributed by atoms with E-state index >= 15 is 0 Å². The summed E-state index contributed by atoms with van der Waals surface area (Å²) in [4.78, 5) is 40.4. The SMILES string of the molecule is CCCCCCCCCCCC(=O)[O-].CCCCCCCCCCCC(=O)[O-].CCCCCCCCCCCC(=O)[O-].CCCCCCCCCCCC(=O)[O-].[Sn+4]. The minimum absolute atomic E-state index is 0. The maximum atomic E-state index is 10.1. The molecule has 0 unspecified atom stereocenters. The minimum atomic E-state index is -0.909. The number of aliphatic carboxylic acids is 4. The van der Waals surface area contributed by atoms with Crippen LogP contribution in [0.5, 0.6) is 0 Å². The fourth-order valence-corrected chi connectivity index (χ4v) is 6.32. The van der Waals surface area contributed by atoms with Crippen LogP contribution >= 0.6 is 0 Å². The topological polar surface area (TPSA) is 161 Å². The maximum absolute atomic E-state index is 10.1. The standard InChI is InChI=1S/4C12H24O2.Sn/c4*1-2-3-4-5-6-7-8-9-10-11-12(13)14;/h4*2-11H2,1H3,(H,13,14);/q;;;;+4/p-4. The van der Waals surface area contributed by atoms with Crippen LogP contribution in [0.15, 0.2) is 0 Å². The van der Waals surface area contributed by atoms with Gasteiger partial charge in [-0.3, -0.25) is 0 Å². The summed E-state index contributed by atoms with van der Waals surface area (Å²) in [5, 5.41) is 40.4. The second-order valence-electron chi connectivity index (χ2n) is 15.8. The monoisotopic (exact) mass is 917 g/mol. The first-order chi connectivity index (χ1) is 27.1. The molecule has 0 aromatic carbocycles. The smallest absolute Gasteiger partial charge is 0.550 e. The van der Waals surface area contributed by atoms with Crippen molar-refractivity contribution in [3.05, 3.63) is 0 Å². The van der Waals surface area contributed by atoms with Crippen molar-refractivity contribution >= 4 is 47.8 Å². The number of rotatable bonds is 40. The van der Waals surface area contributed by atoms with Crippen molar-refractivity contribution in [3.8, 4) is 0 Å². The quantitative estimate of drug-likeness (QED) is 0.0434. The van der Waals surface area contributed by atoms with Crippen molar-refractivity contribution in [1.29, 1.82) is 0 Å². The molecule has 0 rings (SSSR count). The van der Waals surface area contributed by atoms with Crippen molar-refractivity contribution in [3.63, 3.8) is 0 Å².